The molecule has 1 aromatic carbocycles. The Morgan fingerprint density at radius 2 is 1.62 bits per heavy atom. The number of ether oxygens (including phenoxy) is 2. The summed E-state index contributed by atoms with van der Waals surface area (Å²) in [5.41, 5.74) is 2.33. The van der Waals surface area contributed by atoms with E-state index < -0.39 is 0 Å². The monoisotopic (exact) mass is 397 g/mol. The first-order chi connectivity index (χ1) is 14.4. The van der Waals surface area contributed by atoms with Crippen LogP contribution in [0.4, 0.5) is 11.5 Å². The van der Waals surface area contributed by atoms with Crippen molar-refractivity contribution in [3.8, 4) is 0 Å². The Morgan fingerprint density at radius 1 is 0.862 bits per heavy atom. The summed E-state index contributed by atoms with van der Waals surface area (Å²) in [7, 11) is 0. The Bertz CT molecular complexity index is 810. The quantitative estimate of drug-likeness (QED) is 0.782. The van der Waals surface area contributed by atoms with Crippen molar-refractivity contribution in [2.24, 2.45) is 5.92 Å². The molecule has 0 spiro atoms. The first-order valence-corrected chi connectivity index (χ1v) is 11.0. The van der Waals surface area contributed by atoms with Crippen molar-refractivity contribution in [2.45, 2.75) is 12.8 Å². The number of hydrogen-bond donors (Lipinski definition) is 0. The molecular formula is C22H31N5O2. The van der Waals surface area contributed by atoms with E-state index in [1.807, 2.05) is 0 Å². The van der Waals surface area contributed by atoms with E-state index in [4.69, 9.17) is 9.47 Å². The average Bonchev–Trinajstić information content (AvgIpc) is 3.18. The van der Waals surface area contributed by atoms with E-state index in [1.54, 1.807) is 6.33 Å². The number of nitrogens with zero attached hydrogens (tertiary/aromatic N) is 5. The molecule has 3 fully saturated rings. The van der Waals surface area contributed by atoms with Crippen LogP contribution < -0.4 is 9.80 Å². The standard InChI is InChI=1S/C22H31N5O2/c1-2-6-27(5-1)22-20-13-19(3-4-21(20)23-17-24-22)26-9-7-25(8-10-26)14-18-15-28-11-12-29-16-18/h3-4,13,17-18H,1-2,5-12,14-16H2. The van der Waals surface area contributed by atoms with Gasteiger partial charge in [-0.1, -0.05) is 0 Å². The highest BCUT2D eigenvalue weighted by Crippen LogP contribution is 2.30. The zero-order chi connectivity index (χ0) is 19.5. The zero-order valence-corrected chi connectivity index (χ0v) is 17.1. The van der Waals surface area contributed by atoms with Crippen LogP contribution in [0.15, 0.2) is 24.5 Å². The Hall–Kier alpha value is -1.96. The molecule has 0 unspecified atom stereocenters. The van der Waals surface area contributed by atoms with Gasteiger partial charge < -0.3 is 19.3 Å². The molecule has 0 radical (unpaired) electrons. The first-order valence-electron chi connectivity index (χ1n) is 11.0. The second-order valence-corrected chi connectivity index (χ2v) is 8.40. The van der Waals surface area contributed by atoms with Gasteiger partial charge in [0.25, 0.3) is 0 Å². The molecule has 0 N–H and O–H groups in total. The Labute approximate surface area is 172 Å². The minimum atomic E-state index is 0.491. The summed E-state index contributed by atoms with van der Waals surface area (Å²) < 4.78 is 11.3. The summed E-state index contributed by atoms with van der Waals surface area (Å²) in [5.74, 6) is 1.59. The van der Waals surface area contributed by atoms with Crippen LogP contribution >= 0.6 is 0 Å². The summed E-state index contributed by atoms with van der Waals surface area (Å²) in [5, 5.41) is 1.18. The van der Waals surface area contributed by atoms with Gasteiger partial charge in [0.2, 0.25) is 0 Å². The Morgan fingerprint density at radius 3 is 2.38 bits per heavy atom. The van der Waals surface area contributed by atoms with Crippen molar-refractivity contribution < 1.29 is 9.47 Å². The van der Waals surface area contributed by atoms with Crippen molar-refractivity contribution in [2.75, 3.05) is 82.0 Å². The molecule has 3 aliphatic rings. The fraction of sp³-hybridized carbons (Fsp3) is 0.636. The highest BCUT2D eigenvalue weighted by atomic mass is 16.5. The molecule has 4 heterocycles. The van der Waals surface area contributed by atoms with Gasteiger partial charge in [0.1, 0.15) is 12.1 Å². The summed E-state index contributed by atoms with van der Waals surface area (Å²) >= 11 is 0. The molecule has 7 nitrogen and oxygen atoms in total. The summed E-state index contributed by atoms with van der Waals surface area (Å²) in [6.07, 6.45) is 4.21. The maximum absolute atomic E-state index is 5.66. The van der Waals surface area contributed by atoms with Gasteiger partial charge in [-0.3, -0.25) is 4.90 Å². The lowest BCUT2D eigenvalue weighted by molar-refractivity contribution is 0.102. The van der Waals surface area contributed by atoms with Crippen LogP contribution in [0.5, 0.6) is 0 Å². The summed E-state index contributed by atoms with van der Waals surface area (Å²) in [4.78, 5) is 16.6. The van der Waals surface area contributed by atoms with Gasteiger partial charge in [-0.15, -0.1) is 0 Å². The third-order valence-electron chi connectivity index (χ3n) is 6.34. The van der Waals surface area contributed by atoms with Crippen molar-refractivity contribution in [1.29, 1.82) is 0 Å². The highest BCUT2D eigenvalue weighted by molar-refractivity contribution is 5.92. The van der Waals surface area contributed by atoms with Crippen molar-refractivity contribution in [3.05, 3.63) is 24.5 Å². The van der Waals surface area contributed by atoms with Crippen LogP contribution in [0, 0.1) is 5.92 Å². The van der Waals surface area contributed by atoms with Gasteiger partial charge >= 0.3 is 0 Å². The third kappa shape index (κ3) is 4.32. The second-order valence-electron chi connectivity index (χ2n) is 8.40. The van der Waals surface area contributed by atoms with E-state index in [0.717, 1.165) is 83.6 Å². The number of benzene rings is 1. The van der Waals surface area contributed by atoms with Gasteiger partial charge in [0, 0.05) is 62.8 Å². The van der Waals surface area contributed by atoms with E-state index in [-0.39, 0.29) is 0 Å². The maximum atomic E-state index is 5.66. The number of anilines is 2. The van der Waals surface area contributed by atoms with Gasteiger partial charge in [0.05, 0.1) is 31.9 Å². The van der Waals surface area contributed by atoms with E-state index >= 15 is 0 Å². The minimum Gasteiger partial charge on any atom is -0.379 e. The largest absolute Gasteiger partial charge is 0.379 e. The smallest absolute Gasteiger partial charge is 0.139 e. The zero-order valence-electron chi connectivity index (χ0n) is 17.1. The molecule has 0 amide bonds. The first kappa shape index (κ1) is 19.0. The molecule has 29 heavy (non-hydrogen) atoms. The summed E-state index contributed by atoms with van der Waals surface area (Å²) in [6, 6.07) is 6.66. The SMILES string of the molecule is c1nc(N2CCCC2)c2cc(N3CCN(CC4COCCOC4)CC3)ccc2n1. The van der Waals surface area contributed by atoms with Crippen LogP contribution in [-0.4, -0.2) is 87.1 Å². The number of piperazine rings is 1. The third-order valence-corrected chi connectivity index (χ3v) is 6.34. The van der Waals surface area contributed by atoms with Crippen LogP contribution in [0.2, 0.25) is 0 Å². The Kier molecular flexibility index (Phi) is 5.78. The lowest BCUT2D eigenvalue weighted by atomic mass is 10.1. The predicted octanol–water partition coefficient (Wildman–Crippen LogP) is 2.01. The number of hydrogen-bond acceptors (Lipinski definition) is 7. The summed E-state index contributed by atoms with van der Waals surface area (Å²) in [6.45, 7) is 10.6. The fourth-order valence-corrected chi connectivity index (χ4v) is 4.73. The molecule has 0 aliphatic carbocycles. The van der Waals surface area contributed by atoms with E-state index in [2.05, 4.69) is 42.9 Å². The normalized spacial score (nSPS) is 22.3. The lowest BCUT2D eigenvalue weighted by Gasteiger charge is -2.37. The van der Waals surface area contributed by atoms with Crippen molar-refractivity contribution in [1.82, 2.24) is 14.9 Å². The van der Waals surface area contributed by atoms with Gasteiger partial charge in [-0.05, 0) is 31.0 Å². The van der Waals surface area contributed by atoms with E-state index in [9.17, 15) is 0 Å². The van der Waals surface area contributed by atoms with Crippen LogP contribution in [0.3, 0.4) is 0 Å². The number of fused-ring (bicyclic) bond motifs is 1. The molecule has 1 aromatic heterocycles. The van der Waals surface area contributed by atoms with Crippen molar-refractivity contribution >= 4 is 22.4 Å². The van der Waals surface area contributed by atoms with Crippen LogP contribution in [0.1, 0.15) is 12.8 Å². The van der Waals surface area contributed by atoms with Crippen molar-refractivity contribution in [3.63, 3.8) is 0 Å². The van der Waals surface area contributed by atoms with Gasteiger partial charge in [-0.2, -0.15) is 0 Å². The number of aromatic nitrogens is 2. The maximum Gasteiger partial charge on any atom is 0.139 e. The van der Waals surface area contributed by atoms with Gasteiger partial charge in [-0.25, -0.2) is 9.97 Å². The van der Waals surface area contributed by atoms with E-state index in [1.165, 1.54) is 23.9 Å². The molecule has 156 valence electrons. The fourth-order valence-electron chi connectivity index (χ4n) is 4.73. The highest BCUT2D eigenvalue weighted by Gasteiger charge is 2.23. The number of rotatable bonds is 4. The topological polar surface area (TPSA) is 54.0 Å². The molecule has 0 saturated carbocycles. The van der Waals surface area contributed by atoms with E-state index in [0.29, 0.717) is 5.92 Å². The molecule has 3 saturated heterocycles. The molecule has 0 bridgehead atoms. The lowest BCUT2D eigenvalue weighted by Crippen LogP contribution is -2.48. The molecule has 5 rings (SSSR count). The molecule has 0 atom stereocenters. The molecule has 2 aromatic rings. The molecule has 7 heteroatoms. The average molecular weight is 398 g/mol. The van der Waals surface area contributed by atoms with Crippen LogP contribution in [-0.2, 0) is 9.47 Å². The molecular weight excluding hydrogens is 366 g/mol. The minimum absolute atomic E-state index is 0.491. The van der Waals surface area contributed by atoms with Gasteiger partial charge in [0.15, 0.2) is 0 Å². The Balaban J connectivity index is 1.26. The predicted molar refractivity (Wildman–Crippen MR) is 115 cm³/mol. The molecule has 3 aliphatic heterocycles. The second kappa shape index (κ2) is 8.81. The van der Waals surface area contributed by atoms with Crippen LogP contribution in [0.25, 0.3) is 10.9 Å².